The van der Waals surface area contributed by atoms with Crippen molar-refractivity contribution in [2.24, 2.45) is 5.92 Å². The van der Waals surface area contributed by atoms with E-state index in [2.05, 4.69) is 5.32 Å². The summed E-state index contributed by atoms with van der Waals surface area (Å²) >= 11 is 0. The molecule has 6 heteroatoms. The number of ether oxygens (including phenoxy) is 1. The van der Waals surface area contributed by atoms with Crippen molar-refractivity contribution < 1.29 is 18.7 Å². The molecule has 2 amide bonds. The van der Waals surface area contributed by atoms with Gasteiger partial charge in [-0.2, -0.15) is 0 Å². The Kier molecular flexibility index (Phi) is 8.39. The molecule has 0 saturated heterocycles. The lowest BCUT2D eigenvalue weighted by atomic mass is 10.1. The van der Waals surface area contributed by atoms with Crippen LogP contribution >= 0.6 is 0 Å². The molecule has 2 aromatic carbocycles. The Morgan fingerprint density at radius 1 is 1.07 bits per heavy atom. The molecule has 0 spiro atoms. The number of carbonyl (C=O) groups excluding carboxylic acids is 2. The van der Waals surface area contributed by atoms with E-state index in [0.29, 0.717) is 18.2 Å². The highest BCUT2D eigenvalue weighted by Crippen LogP contribution is 2.19. The van der Waals surface area contributed by atoms with Crippen molar-refractivity contribution in [3.63, 3.8) is 0 Å². The molecule has 0 bridgehead atoms. The third-order valence-corrected chi connectivity index (χ3v) is 4.81. The second kappa shape index (κ2) is 10.8. The van der Waals surface area contributed by atoms with E-state index in [1.807, 2.05) is 45.9 Å². The van der Waals surface area contributed by atoms with Crippen LogP contribution in [0.25, 0.3) is 0 Å². The molecule has 0 aromatic heterocycles. The average molecular weight is 415 g/mol. The number of rotatable bonds is 9. The molecule has 0 fully saturated rings. The molecule has 1 N–H and O–H groups in total. The Labute approximate surface area is 178 Å². The summed E-state index contributed by atoms with van der Waals surface area (Å²) in [5, 5.41) is 2.87. The van der Waals surface area contributed by atoms with Gasteiger partial charge in [-0.25, -0.2) is 4.39 Å². The number of nitrogens with one attached hydrogen (secondary N) is 1. The summed E-state index contributed by atoms with van der Waals surface area (Å²) in [6.45, 7) is 10.1. The molecule has 0 unspecified atom stereocenters. The standard InChI is InChI=1S/C24H31FN2O3/c1-16(2)13-26-24(29)19(5)27(14-20-8-10-21(25)11-9-20)23(28)15-30-22-12-17(3)6-7-18(22)4/h6-12,16,19H,13-15H2,1-5H3,(H,26,29)/t19-/m0/s1. The number of carbonyl (C=O) groups is 2. The maximum absolute atomic E-state index is 13.3. The summed E-state index contributed by atoms with van der Waals surface area (Å²) in [6.07, 6.45) is 0. The molecule has 5 nitrogen and oxygen atoms in total. The zero-order chi connectivity index (χ0) is 22.3. The Morgan fingerprint density at radius 3 is 2.37 bits per heavy atom. The number of nitrogens with zero attached hydrogens (tertiary/aromatic N) is 1. The fourth-order valence-corrected chi connectivity index (χ4v) is 2.91. The number of halogens is 1. The highest BCUT2D eigenvalue weighted by Gasteiger charge is 2.26. The summed E-state index contributed by atoms with van der Waals surface area (Å²) in [4.78, 5) is 27.1. The molecule has 2 aromatic rings. The van der Waals surface area contributed by atoms with E-state index in [9.17, 15) is 14.0 Å². The van der Waals surface area contributed by atoms with Crippen molar-refractivity contribution in [1.82, 2.24) is 10.2 Å². The molecule has 0 heterocycles. The normalized spacial score (nSPS) is 11.8. The van der Waals surface area contributed by atoms with Crippen LogP contribution in [0.2, 0.25) is 0 Å². The lowest BCUT2D eigenvalue weighted by Crippen LogP contribution is -2.49. The molecule has 1 atom stereocenters. The van der Waals surface area contributed by atoms with E-state index in [1.54, 1.807) is 19.1 Å². The minimum Gasteiger partial charge on any atom is -0.483 e. The third kappa shape index (κ3) is 6.87. The summed E-state index contributed by atoms with van der Waals surface area (Å²) in [6, 6.07) is 11.0. The van der Waals surface area contributed by atoms with Crippen LogP contribution in [0.15, 0.2) is 42.5 Å². The van der Waals surface area contributed by atoms with Gasteiger partial charge in [-0.05, 0) is 61.6 Å². The first kappa shape index (κ1) is 23.4. The quantitative estimate of drug-likeness (QED) is 0.674. The molecule has 0 aliphatic rings. The smallest absolute Gasteiger partial charge is 0.261 e. The van der Waals surface area contributed by atoms with Gasteiger partial charge in [0.15, 0.2) is 6.61 Å². The zero-order valence-electron chi connectivity index (χ0n) is 18.4. The first-order valence-corrected chi connectivity index (χ1v) is 10.2. The van der Waals surface area contributed by atoms with Crippen molar-refractivity contribution in [1.29, 1.82) is 0 Å². The van der Waals surface area contributed by atoms with Gasteiger partial charge in [0.2, 0.25) is 5.91 Å². The molecule has 0 aliphatic carbocycles. The van der Waals surface area contributed by atoms with Crippen LogP contribution in [0.5, 0.6) is 5.75 Å². The highest BCUT2D eigenvalue weighted by molar-refractivity contribution is 5.88. The van der Waals surface area contributed by atoms with E-state index >= 15 is 0 Å². The van der Waals surface area contributed by atoms with Crippen molar-refractivity contribution >= 4 is 11.8 Å². The van der Waals surface area contributed by atoms with Gasteiger partial charge in [0.25, 0.3) is 5.91 Å². The first-order chi connectivity index (χ1) is 14.2. The molecule has 0 aliphatic heterocycles. The molecule has 162 valence electrons. The fourth-order valence-electron chi connectivity index (χ4n) is 2.91. The highest BCUT2D eigenvalue weighted by atomic mass is 19.1. The number of benzene rings is 2. The monoisotopic (exact) mass is 414 g/mol. The Morgan fingerprint density at radius 2 is 1.73 bits per heavy atom. The van der Waals surface area contributed by atoms with Crippen molar-refractivity contribution in [2.45, 2.75) is 47.2 Å². The minimum atomic E-state index is -0.691. The fraction of sp³-hybridized carbons (Fsp3) is 0.417. The molecule has 30 heavy (non-hydrogen) atoms. The van der Waals surface area contributed by atoms with E-state index in [0.717, 1.165) is 16.7 Å². The van der Waals surface area contributed by atoms with Gasteiger partial charge in [0, 0.05) is 13.1 Å². The second-order valence-electron chi connectivity index (χ2n) is 8.02. The van der Waals surface area contributed by atoms with Crippen molar-refractivity contribution in [3.05, 3.63) is 65.0 Å². The van der Waals surface area contributed by atoms with E-state index in [4.69, 9.17) is 4.74 Å². The molecular weight excluding hydrogens is 383 g/mol. The predicted molar refractivity (Wildman–Crippen MR) is 116 cm³/mol. The largest absolute Gasteiger partial charge is 0.483 e. The van der Waals surface area contributed by atoms with E-state index in [-0.39, 0.29) is 30.8 Å². The third-order valence-electron chi connectivity index (χ3n) is 4.81. The van der Waals surface area contributed by atoms with Crippen LogP contribution in [0.4, 0.5) is 4.39 Å². The van der Waals surface area contributed by atoms with Crippen molar-refractivity contribution in [2.75, 3.05) is 13.2 Å². The van der Waals surface area contributed by atoms with Gasteiger partial charge in [0.05, 0.1) is 0 Å². The topological polar surface area (TPSA) is 58.6 Å². The predicted octanol–water partition coefficient (Wildman–Crippen LogP) is 4.01. The zero-order valence-corrected chi connectivity index (χ0v) is 18.4. The Balaban J connectivity index is 2.15. The van der Waals surface area contributed by atoms with Gasteiger partial charge in [-0.1, -0.05) is 38.1 Å². The summed E-state index contributed by atoms with van der Waals surface area (Å²) in [5.74, 6) is 0.0490. The lowest BCUT2D eigenvalue weighted by Gasteiger charge is -2.29. The maximum atomic E-state index is 13.3. The Hall–Kier alpha value is -2.89. The van der Waals surface area contributed by atoms with Crippen LogP contribution in [0.3, 0.4) is 0 Å². The average Bonchev–Trinajstić information content (AvgIpc) is 2.71. The van der Waals surface area contributed by atoms with Crippen molar-refractivity contribution in [3.8, 4) is 5.75 Å². The summed E-state index contributed by atoms with van der Waals surface area (Å²) < 4.78 is 19.0. The molecule has 0 radical (unpaired) electrons. The molecule has 0 saturated carbocycles. The number of amides is 2. The van der Waals surface area contributed by atoms with E-state index in [1.165, 1.54) is 17.0 Å². The maximum Gasteiger partial charge on any atom is 0.261 e. The minimum absolute atomic E-state index is 0.186. The van der Waals surface area contributed by atoms with Gasteiger partial charge < -0.3 is 15.0 Å². The van der Waals surface area contributed by atoms with Crippen LogP contribution in [-0.4, -0.2) is 35.9 Å². The summed E-state index contributed by atoms with van der Waals surface area (Å²) in [5.41, 5.74) is 2.70. The van der Waals surface area contributed by atoms with Crippen LogP contribution in [-0.2, 0) is 16.1 Å². The number of aryl methyl sites for hydroxylation is 2. The van der Waals surface area contributed by atoms with E-state index < -0.39 is 6.04 Å². The SMILES string of the molecule is Cc1ccc(C)c(OCC(=O)N(Cc2ccc(F)cc2)[C@@H](C)C(=O)NCC(C)C)c1. The van der Waals surface area contributed by atoms with Crippen LogP contribution in [0, 0.1) is 25.6 Å². The summed E-state index contributed by atoms with van der Waals surface area (Å²) in [7, 11) is 0. The van der Waals surface area contributed by atoms with Gasteiger partial charge >= 0.3 is 0 Å². The van der Waals surface area contributed by atoms with Gasteiger partial charge in [0.1, 0.15) is 17.6 Å². The lowest BCUT2D eigenvalue weighted by molar-refractivity contribution is -0.142. The van der Waals surface area contributed by atoms with Crippen LogP contribution < -0.4 is 10.1 Å². The first-order valence-electron chi connectivity index (χ1n) is 10.2. The number of hydrogen-bond donors (Lipinski definition) is 1. The molecule has 2 rings (SSSR count). The van der Waals surface area contributed by atoms with Crippen LogP contribution in [0.1, 0.15) is 37.5 Å². The number of hydrogen-bond acceptors (Lipinski definition) is 3. The second-order valence-corrected chi connectivity index (χ2v) is 8.02. The van der Waals surface area contributed by atoms with Gasteiger partial charge in [-0.15, -0.1) is 0 Å². The Bertz CT molecular complexity index is 865. The van der Waals surface area contributed by atoms with Gasteiger partial charge in [-0.3, -0.25) is 9.59 Å². The molecular formula is C24H31FN2O3.